The molecule has 0 radical (unpaired) electrons. The van der Waals surface area contributed by atoms with Crippen molar-refractivity contribution in [1.82, 2.24) is 4.90 Å². The smallest absolute Gasteiger partial charge is 0.0595 e. The first-order valence-electron chi connectivity index (χ1n) is 6.76. The van der Waals surface area contributed by atoms with Crippen LogP contribution in [0.4, 0.5) is 0 Å². The van der Waals surface area contributed by atoms with Gasteiger partial charge in [0.05, 0.1) is 10.0 Å². The van der Waals surface area contributed by atoms with E-state index in [-0.39, 0.29) is 11.5 Å². The first-order chi connectivity index (χ1) is 8.81. The van der Waals surface area contributed by atoms with Gasteiger partial charge in [0, 0.05) is 25.2 Å². The lowest BCUT2D eigenvalue weighted by molar-refractivity contribution is 0.0664. The van der Waals surface area contributed by atoms with Crippen molar-refractivity contribution < 1.29 is 0 Å². The lowest BCUT2D eigenvalue weighted by Gasteiger charge is -2.45. The number of nitrogens with zero attached hydrogens (tertiary/aromatic N) is 1. The quantitative estimate of drug-likeness (QED) is 0.890. The Bertz CT molecular complexity index is 459. The van der Waals surface area contributed by atoms with Gasteiger partial charge in [-0.2, -0.15) is 0 Å². The molecule has 2 rings (SSSR count). The van der Waals surface area contributed by atoms with Crippen molar-refractivity contribution in [3.05, 3.63) is 33.8 Å². The minimum absolute atomic E-state index is 0.155. The number of hydrogen-bond donors (Lipinski definition) is 1. The minimum Gasteiger partial charge on any atom is -0.327 e. The van der Waals surface area contributed by atoms with Crippen LogP contribution in [0.15, 0.2) is 18.2 Å². The number of piperidine rings is 1. The van der Waals surface area contributed by atoms with E-state index in [2.05, 4.69) is 31.7 Å². The predicted molar refractivity (Wildman–Crippen MR) is 82.8 cm³/mol. The van der Waals surface area contributed by atoms with Crippen LogP contribution in [0.1, 0.15) is 38.8 Å². The topological polar surface area (TPSA) is 29.3 Å². The van der Waals surface area contributed by atoms with Gasteiger partial charge in [0.25, 0.3) is 0 Å². The van der Waals surface area contributed by atoms with E-state index in [4.69, 9.17) is 28.9 Å². The highest BCUT2D eigenvalue weighted by Gasteiger charge is 2.35. The molecular weight excluding hydrogens is 279 g/mol. The fourth-order valence-electron chi connectivity index (χ4n) is 2.73. The third kappa shape index (κ3) is 3.25. The van der Waals surface area contributed by atoms with Gasteiger partial charge < -0.3 is 5.73 Å². The van der Waals surface area contributed by atoms with Crippen molar-refractivity contribution in [2.45, 2.75) is 39.3 Å². The molecule has 2 unspecified atom stereocenters. The lowest BCUT2D eigenvalue weighted by Crippen LogP contribution is -2.52. The summed E-state index contributed by atoms with van der Waals surface area (Å²) in [5.74, 6) is 0. The van der Waals surface area contributed by atoms with Crippen molar-refractivity contribution in [1.29, 1.82) is 0 Å². The van der Waals surface area contributed by atoms with Gasteiger partial charge in [-0.25, -0.2) is 0 Å². The average Bonchev–Trinajstić information content (AvgIpc) is 2.35. The van der Waals surface area contributed by atoms with Crippen LogP contribution >= 0.6 is 23.2 Å². The van der Waals surface area contributed by atoms with Crippen LogP contribution in [0.3, 0.4) is 0 Å². The van der Waals surface area contributed by atoms with Crippen LogP contribution in [-0.4, -0.2) is 24.0 Å². The molecule has 0 spiro atoms. The van der Waals surface area contributed by atoms with E-state index in [1.807, 2.05) is 12.1 Å². The third-order valence-corrected chi connectivity index (χ3v) is 5.05. The number of halogens is 2. The van der Waals surface area contributed by atoms with Crippen molar-refractivity contribution in [3.63, 3.8) is 0 Å². The van der Waals surface area contributed by atoms with Gasteiger partial charge in [-0.15, -0.1) is 0 Å². The Morgan fingerprint density at radius 1 is 1.32 bits per heavy atom. The number of hydrogen-bond acceptors (Lipinski definition) is 2. The van der Waals surface area contributed by atoms with E-state index in [0.717, 1.165) is 19.5 Å². The standard InChI is InChI=1S/C15H22Cl2N2/c1-10(11-4-5-12(16)13(17)8-11)19-7-6-14(18)15(2,3)9-19/h4-5,8,10,14H,6-7,9,18H2,1-3H3. The van der Waals surface area contributed by atoms with Crippen molar-refractivity contribution >= 4 is 23.2 Å². The SMILES string of the molecule is CC(c1ccc(Cl)c(Cl)c1)N1CCC(N)C(C)(C)C1. The third-order valence-electron chi connectivity index (χ3n) is 4.32. The van der Waals surface area contributed by atoms with Crippen LogP contribution in [0.2, 0.25) is 10.0 Å². The Hall–Kier alpha value is -0.280. The number of likely N-dealkylation sites (tertiary alicyclic amines) is 1. The zero-order valence-electron chi connectivity index (χ0n) is 11.8. The molecular formula is C15H22Cl2N2. The summed E-state index contributed by atoms with van der Waals surface area (Å²) in [4.78, 5) is 2.48. The summed E-state index contributed by atoms with van der Waals surface area (Å²) < 4.78 is 0. The minimum atomic E-state index is 0.155. The van der Waals surface area contributed by atoms with Gasteiger partial charge in [0.2, 0.25) is 0 Å². The molecule has 1 aromatic carbocycles. The number of nitrogens with two attached hydrogens (primary N) is 1. The number of benzene rings is 1. The molecule has 0 amide bonds. The summed E-state index contributed by atoms with van der Waals surface area (Å²) >= 11 is 12.1. The van der Waals surface area contributed by atoms with E-state index in [1.165, 1.54) is 5.56 Å². The van der Waals surface area contributed by atoms with Gasteiger partial charge in [0.15, 0.2) is 0 Å². The molecule has 1 aliphatic heterocycles. The molecule has 1 aliphatic rings. The summed E-state index contributed by atoms with van der Waals surface area (Å²) in [6.07, 6.45) is 1.04. The summed E-state index contributed by atoms with van der Waals surface area (Å²) in [6.45, 7) is 8.74. The van der Waals surface area contributed by atoms with Gasteiger partial charge in [-0.1, -0.05) is 43.1 Å². The van der Waals surface area contributed by atoms with E-state index in [9.17, 15) is 0 Å². The molecule has 0 aromatic heterocycles. The molecule has 2 N–H and O–H groups in total. The molecule has 1 saturated heterocycles. The maximum Gasteiger partial charge on any atom is 0.0595 e. The van der Waals surface area contributed by atoms with Crippen molar-refractivity contribution in [3.8, 4) is 0 Å². The molecule has 1 fully saturated rings. The Balaban J connectivity index is 2.15. The molecule has 0 bridgehead atoms. The van der Waals surface area contributed by atoms with Crippen LogP contribution < -0.4 is 5.73 Å². The van der Waals surface area contributed by atoms with Gasteiger partial charge >= 0.3 is 0 Å². The molecule has 4 heteroatoms. The molecule has 1 aromatic rings. The van der Waals surface area contributed by atoms with Gasteiger partial charge in [0.1, 0.15) is 0 Å². The molecule has 0 saturated carbocycles. The highest BCUT2D eigenvalue weighted by molar-refractivity contribution is 6.42. The summed E-state index contributed by atoms with van der Waals surface area (Å²) in [5.41, 5.74) is 7.56. The first kappa shape index (κ1) is 15.1. The molecule has 2 nitrogen and oxygen atoms in total. The van der Waals surface area contributed by atoms with Crippen LogP contribution in [0, 0.1) is 5.41 Å². The fourth-order valence-corrected chi connectivity index (χ4v) is 3.04. The van der Waals surface area contributed by atoms with Crippen molar-refractivity contribution in [2.24, 2.45) is 11.1 Å². The highest BCUT2D eigenvalue weighted by Crippen LogP contribution is 2.34. The second-order valence-corrected chi connectivity index (χ2v) is 7.02. The monoisotopic (exact) mass is 300 g/mol. The van der Waals surface area contributed by atoms with Crippen LogP contribution in [-0.2, 0) is 0 Å². The van der Waals surface area contributed by atoms with E-state index < -0.39 is 0 Å². The Kier molecular flexibility index (Phi) is 4.46. The van der Waals surface area contributed by atoms with Gasteiger partial charge in [-0.05, 0) is 36.5 Å². The normalized spacial score (nSPS) is 25.3. The predicted octanol–water partition coefficient (Wildman–Crippen LogP) is 4.11. The van der Waals surface area contributed by atoms with Gasteiger partial charge in [-0.3, -0.25) is 4.90 Å². The fraction of sp³-hybridized carbons (Fsp3) is 0.600. The zero-order chi connectivity index (χ0) is 14.2. The molecule has 1 heterocycles. The van der Waals surface area contributed by atoms with E-state index >= 15 is 0 Å². The summed E-state index contributed by atoms with van der Waals surface area (Å²) in [6, 6.07) is 6.51. The second kappa shape index (κ2) is 5.61. The highest BCUT2D eigenvalue weighted by atomic mass is 35.5. The summed E-state index contributed by atoms with van der Waals surface area (Å²) in [7, 11) is 0. The second-order valence-electron chi connectivity index (χ2n) is 6.20. The zero-order valence-corrected chi connectivity index (χ0v) is 13.3. The maximum atomic E-state index is 6.19. The molecule has 2 atom stereocenters. The Labute approximate surface area is 125 Å². The molecule has 19 heavy (non-hydrogen) atoms. The largest absolute Gasteiger partial charge is 0.327 e. The Morgan fingerprint density at radius 3 is 2.58 bits per heavy atom. The van der Waals surface area contributed by atoms with Crippen LogP contribution in [0.25, 0.3) is 0 Å². The Morgan fingerprint density at radius 2 is 2.00 bits per heavy atom. The molecule has 0 aliphatic carbocycles. The maximum absolute atomic E-state index is 6.19. The lowest BCUT2D eigenvalue weighted by atomic mass is 9.79. The van der Waals surface area contributed by atoms with E-state index in [1.54, 1.807) is 0 Å². The van der Waals surface area contributed by atoms with Crippen LogP contribution in [0.5, 0.6) is 0 Å². The summed E-state index contributed by atoms with van der Waals surface area (Å²) in [5, 5.41) is 1.23. The number of rotatable bonds is 2. The van der Waals surface area contributed by atoms with Crippen molar-refractivity contribution in [2.75, 3.05) is 13.1 Å². The van der Waals surface area contributed by atoms with E-state index in [0.29, 0.717) is 16.1 Å². The first-order valence-corrected chi connectivity index (χ1v) is 7.51. The average molecular weight is 301 g/mol. The molecule has 106 valence electrons.